The highest BCUT2D eigenvalue weighted by molar-refractivity contribution is 6.02. The van der Waals surface area contributed by atoms with Gasteiger partial charge in [0.2, 0.25) is 5.91 Å². The van der Waals surface area contributed by atoms with Gasteiger partial charge in [0.05, 0.1) is 17.2 Å². The molecule has 1 rings (SSSR count). The number of amides is 1. The molecule has 1 amide bonds. The standard InChI is InChI=1S/C10H8N2O2/c1-6-7(4-11)2-3-8(5-13)9(6)10(12)14/h2-3,5H,1H3,(H2,12,14). The molecule has 0 saturated heterocycles. The maximum atomic E-state index is 11.0. The summed E-state index contributed by atoms with van der Waals surface area (Å²) in [6, 6.07) is 4.83. The van der Waals surface area contributed by atoms with Gasteiger partial charge < -0.3 is 5.73 Å². The second-order valence-corrected chi connectivity index (χ2v) is 2.80. The molecule has 0 radical (unpaired) electrons. The van der Waals surface area contributed by atoms with Crippen LogP contribution in [0.15, 0.2) is 12.1 Å². The van der Waals surface area contributed by atoms with Crippen molar-refractivity contribution in [1.82, 2.24) is 0 Å². The third kappa shape index (κ3) is 1.48. The van der Waals surface area contributed by atoms with Gasteiger partial charge in [-0.1, -0.05) is 0 Å². The lowest BCUT2D eigenvalue weighted by molar-refractivity contribution is 0.0992. The molecule has 0 unspecified atom stereocenters. The number of hydrogen-bond acceptors (Lipinski definition) is 3. The van der Waals surface area contributed by atoms with Crippen molar-refractivity contribution in [2.45, 2.75) is 6.92 Å². The molecular formula is C10H8N2O2. The first-order chi connectivity index (χ1) is 6.61. The number of hydrogen-bond donors (Lipinski definition) is 1. The van der Waals surface area contributed by atoms with Crippen LogP contribution in [-0.4, -0.2) is 12.2 Å². The minimum Gasteiger partial charge on any atom is -0.366 e. The first-order valence-electron chi connectivity index (χ1n) is 3.90. The van der Waals surface area contributed by atoms with Crippen molar-refractivity contribution < 1.29 is 9.59 Å². The molecule has 0 aromatic heterocycles. The molecule has 2 N–H and O–H groups in total. The van der Waals surface area contributed by atoms with Crippen molar-refractivity contribution in [2.75, 3.05) is 0 Å². The molecule has 0 atom stereocenters. The summed E-state index contributed by atoms with van der Waals surface area (Å²) >= 11 is 0. The van der Waals surface area contributed by atoms with E-state index in [2.05, 4.69) is 0 Å². The van der Waals surface area contributed by atoms with Crippen LogP contribution in [0.2, 0.25) is 0 Å². The molecule has 0 heterocycles. The second kappa shape index (κ2) is 3.71. The van der Waals surface area contributed by atoms with E-state index in [0.717, 1.165) is 0 Å². The van der Waals surface area contributed by atoms with Crippen LogP contribution >= 0.6 is 0 Å². The van der Waals surface area contributed by atoms with Gasteiger partial charge in [-0.3, -0.25) is 9.59 Å². The fourth-order valence-corrected chi connectivity index (χ4v) is 1.28. The van der Waals surface area contributed by atoms with Crippen LogP contribution < -0.4 is 5.73 Å². The highest BCUT2D eigenvalue weighted by Gasteiger charge is 2.13. The number of nitrogens with zero attached hydrogens (tertiary/aromatic N) is 1. The van der Waals surface area contributed by atoms with Crippen LogP contribution in [0.3, 0.4) is 0 Å². The summed E-state index contributed by atoms with van der Waals surface area (Å²) in [5.41, 5.74) is 6.25. The molecule has 4 heteroatoms. The topological polar surface area (TPSA) is 83.9 Å². The van der Waals surface area contributed by atoms with Crippen LogP contribution in [0.25, 0.3) is 0 Å². The Morgan fingerprint density at radius 1 is 1.57 bits per heavy atom. The van der Waals surface area contributed by atoms with Crippen molar-refractivity contribution in [2.24, 2.45) is 5.73 Å². The summed E-state index contributed by atoms with van der Waals surface area (Å²) in [4.78, 5) is 21.6. The molecule has 0 aliphatic carbocycles. The van der Waals surface area contributed by atoms with E-state index >= 15 is 0 Å². The first kappa shape index (κ1) is 9.93. The molecule has 0 saturated carbocycles. The predicted molar refractivity (Wildman–Crippen MR) is 49.8 cm³/mol. The summed E-state index contributed by atoms with van der Waals surface area (Å²) in [6.07, 6.45) is 0.550. The van der Waals surface area contributed by atoms with Gasteiger partial charge in [0.15, 0.2) is 6.29 Å². The summed E-state index contributed by atoms with van der Waals surface area (Å²) in [5, 5.41) is 8.70. The Hall–Kier alpha value is -2.15. The molecule has 1 aromatic rings. The Kier molecular flexibility index (Phi) is 2.63. The maximum absolute atomic E-state index is 11.0. The zero-order chi connectivity index (χ0) is 10.7. The van der Waals surface area contributed by atoms with Gasteiger partial charge >= 0.3 is 0 Å². The largest absolute Gasteiger partial charge is 0.366 e. The summed E-state index contributed by atoms with van der Waals surface area (Å²) < 4.78 is 0. The fraction of sp³-hybridized carbons (Fsp3) is 0.100. The summed E-state index contributed by atoms with van der Waals surface area (Å²) in [7, 11) is 0. The van der Waals surface area contributed by atoms with Gasteiger partial charge in [0, 0.05) is 5.56 Å². The Labute approximate surface area is 80.9 Å². The van der Waals surface area contributed by atoms with Crippen molar-refractivity contribution in [3.05, 3.63) is 34.4 Å². The van der Waals surface area contributed by atoms with Gasteiger partial charge in [-0.2, -0.15) is 5.26 Å². The van der Waals surface area contributed by atoms with Crippen LogP contribution in [0.1, 0.15) is 31.8 Å². The van der Waals surface area contributed by atoms with E-state index in [1.165, 1.54) is 12.1 Å². The Bertz CT molecular complexity index is 444. The van der Waals surface area contributed by atoms with Crippen molar-refractivity contribution in [1.29, 1.82) is 5.26 Å². The molecule has 0 aliphatic heterocycles. The minimum absolute atomic E-state index is 0.124. The van der Waals surface area contributed by atoms with Crippen LogP contribution in [-0.2, 0) is 0 Å². The average molecular weight is 188 g/mol. The highest BCUT2D eigenvalue weighted by Crippen LogP contribution is 2.16. The number of aldehydes is 1. The molecule has 4 nitrogen and oxygen atoms in total. The predicted octanol–water partition coefficient (Wildman–Crippen LogP) is 0.778. The van der Waals surface area contributed by atoms with Gasteiger partial charge in [0.25, 0.3) is 0 Å². The molecular weight excluding hydrogens is 180 g/mol. The molecule has 0 bridgehead atoms. The monoisotopic (exact) mass is 188 g/mol. The number of primary amides is 1. The number of nitrogens with two attached hydrogens (primary N) is 1. The molecule has 70 valence electrons. The number of carbonyl (C=O) groups is 2. The van der Waals surface area contributed by atoms with E-state index in [1.54, 1.807) is 6.92 Å². The number of benzene rings is 1. The lowest BCUT2D eigenvalue weighted by Gasteiger charge is -2.05. The lowest BCUT2D eigenvalue weighted by atomic mass is 9.98. The maximum Gasteiger partial charge on any atom is 0.249 e. The van der Waals surface area contributed by atoms with E-state index < -0.39 is 5.91 Å². The van der Waals surface area contributed by atoms with Gasteiger partial charge in [-0.15, -0.1) is 0 Å². The Morgan fingerprint density at radius 2 is 2.21 bits per heavy atom. The van der Waals surface area contributed by atoms with Gasteiger partial charge in [-0.25, -0.2) is 0 Å². The minimum atomic E-state index is -0.693. The number of rotatable bonds is 2. The third-order valence-electron chi connectivity index (χ3n) is 1.99. The van der Waals surface area contributed by atoms with E-state index in [-0.39, 0.29) is 11.1 Å². The summed E-state index contributed by atoms with van der Waals surface area (Å²) in [6.45, 7) is 1.59. The Morgan fingerprint density at radius 3 is 2.64 bits per heavy atom. The van der Waals surface area contributed by atoms with E-state index in [4.69, 9.17) is 11.0 Å². The number of nitriles is 1. The van der Waals surface area contributed by atoms with Crippen LogP contribution in [0, 0.1) is 18.3 Å². The van der Waals surface area contributed by atoms with Crippen molar-refractivity contribution >= 4 is 12.2 Å². The van der Waals surface area contributed by atoms with Gasteiger partial charge in [-0.05, 0) is 24.6 Å². The van der Waals surface area contributed by atoms with Crippen LogP contribution in [0.4, 0.5) is 0 Å². The third-order valence-corrected chi connectivity index (χ3v) is 1.99. The van der Waals surface area contributed by atoms with Crippen LogP contribution in [0.5, 0.6) is 0 Å². The quantitative estimate of drug-likeness (QED) is 0.696. The normalized spacial score (nSPS) is 9.14. The first-order valence-corrected chi connectivity index (χ1v) is 3.90. The SMILES string of the molecule is Cc1c(C#N)ccc(C=O)c1C(N)=O. The smallest absolute Gasteiger partial charge is 0.249 e. The molecule has 1 aromatic carbocycles. The van der Waals surface area contributed by atoms with Gasteiger partial charge in [0.1, 0.15) is 0 Å². The molecule has 0 spiro atoms. The highest BCUT2D eigenvalue weighted by atomic mass is 16.1. The Balaban J connectivity index is 3.56. The molecule has 14 heavy (non-hydrogen) atoms. The molecule has 0 aliphatic rings. The van der Waals surface area contributed by atoms with Crippen molar-refractivity contribution in [3.8, 4) is 6.07 Å². The van der Waals surface area contributed by atoms with E-state index in [1.807, 2.05) is 6.07 Å². The lowest BCUT2D eigenvalue weighted by Crippen LogP contribution is -2.16. The fourth-order valence-electron chi connectivity index (χ4n) is 1.28. The average Bonchev–Trinajstić information content (AvgIpc) is 2.16. The zero-order valence-electron chi connectivity index (χ0n) is 7.57. The molecule has 0 fully saturated rings. The zero-order valence-corrected chi connectivity index (χ0v) is 7.57. The summed E-state index contributed by atoms with van der Waals surface area (Å²) in [5.74, 6) is -0.693. The van der Waals surface area contributed by atoms with E-state index in [0.29, 0.717) is 17.4 Å². The number of carbonyl (C=O) groups excluding carboxylic acids is 2. The van der Waals surface area contributed by atoms with Crippen molar-refractivity contribution in [3.63, 3.8) is 0 Å². The second-order valence-electron chi connectivity index (χ2n) is 2.80. The van der Waals surface area contributed by atoms with E-state index in [9.17, 15) is 9.59 Å².